The predicted octanol–water partition coefficient (Wildman–Crippen LogP) is 4.56. The molecule has 1 heterocycles. The van der Waals surface area contributed by atoms with Crippen molar-refractivity contribution >= 4 is 16.6 Å². The summed E-state index contributed by atoms with van der Waals surface area (Å²) in [6.45, 7) is 0. The van der Waals surface area contributed by atoms with Crippen LogP contribution in [-0.2, 0) is 6.18 Å². The molecule has 0 fully saturated rings. The molecule has 0 spiro atoms. The number of hydrogen-bond acceptors (Lipinski definition) is 2. The molecule has 3 N–H and O–H groups in total. The number of nitrogen functional groups attached to an aromatic ring is 1. The standard InChI is InChI=1S/C15H11F3N2O/c16-15(17,18)9-1-3-10(4-2-9)21-11-5-6-14-12(7-11)13(19)8-20-14/h1-8,20H,19H2. The second-order valence-corrected chi connectivity index (χ2v) is 4.58. The van der Waals surface area contributed by atoms with Gasteiger partial charge in [0.1, 0.15) is 11.5 Å². The molecule has 1 aromatic heterocycles. The van der Waals surface area contributed by atoms with E-state index >= 15 is 0 Å². The summed E-state index contributed by atoms with van der Waals surface area (Å²) in [5, 5.41) is 0.805. The van der Waals surface area contributed by atoms with Gasteiger partial charge < -0.3 is 15.5 Å². The third-order valence-corrected chi connectivity index (χ3v) is 3.10. The molecule has 0 saturated carbocycles. The van der Waals surface area contributed by atoms with Gasteiger partial charge in [0.15, 0.2) is 0 Å². The third-order valence-electron chi connectivity index (χ3n) is 3.10. The van der Waals surface area contributed by atoms with Gasteiger partial charge >= 0.3 is 6.18 Å². The van der Waals surface area contributed by atoms with Gasteiger partial charge in [-0.3, -0.25) is 0 Å². The van der Waals surface area contributed by atoms with E-state index < -0.39 is 11.7 Å². The highest BCUT2D eigenvalue weighted by Crippen LogP contribution is 2.32. The fourth-order valence-electron chi connectivity index (χ4n) is 2.03. The van der Waals surface area contributed by atoms with Gasteiger partial charge in [-0.2, -0.15) is 13.2 Å². The minimum atomic E-state index is -4.35. The molecule has 2 aromatic carbocycles. The highest BCUT2D eigenvalue weighted by Gasteiger charge is 2.30. The molecule has 0 aliphatic heterocycles. The Kier molecular flexibility index (Phi) is 3.01. The lowest BCUT2D eigenvalue weighted by Crippen LogP contribution is -2.03. The Balaban J connectivity index is 1.86. The van der Waals surface area contributed by atoms with E-state index in [0.29, 0.717) is 17.2 Å². The average molecular weight is 292 g/mol. The minimum absolute atomic E-state index is 0.330. The van der Waals surface area contributed by atoms with Crippen LogP contribution in [0.3, 0.4) is 0 Å². The number of aromatic amines is 1. The van der Waals surface area contributed by atoms with Crippen LogP contribution in [0.15, 0.2) is 48.7 Å². The minimum Gasteiger partial charge on any atom is -0.457 e. The largest absolute Gasteiger partial charge is 0.457 e. The maximum Gasteiger partial charge on any atom is 0.416 e. The zero-order valence-corrected chi connectivity index (χ0v) is 10.7. The smallest absolute Gasteiger partial charge is 0.416 e. The molecule has 0 saturated heterocycles. The van der Waals surface area contributed by atoms with Gasteiger partial charge in [0, 0.05) is 17.1 Å². The van der Waals surface area contributed by atoms with Gasteiger partial charge in [-0.05, 0) is 42.5 Å². The van der Waals surface area contributed by atoms with E-state index in [4.69, 9.17) is 10.5 Å². The maximum absolute atomic E-state index is 12.5. The Morgan fingerprint density at radius 1 is 0.952 bits per heavy atom. The molecule has 6 heteroatoms. The second-order valence-electron chi connectivity index (χ2n) is 4.58. The first-order chi connectivity index (χ1) is 9.93. The summed E-state index contributed by atoms with van der Waals surface area (Å²) in [7, 11) is 0. The van der Waals surface area contributed by atoms with Crippen molar-refractivity contribution in [3.63, 3.8) is 0 Å². The molecular formula is C15H11F3N2O. The first kappa shape index (κ1) is 13.4. The van der Waals surface area contributed by atoms with Crippen molar-refractivity contribution in [1.29, 1.82) is 0 Å². The molecule has 3 nitrogen and oxygen atoms in total. The summed E-state index contributed by atoms with van der Waals surface area (Å²) in [4.78, 5) is 3.00. The van der Waals surface area contributed by atoms with Gasteiger partial charge in [-0.25, -0.2) is 0 Å². The quantitative estimate of drug-likeness (QED) is 0.727. The Bertz CT molecular complexity index is 776. The number of alkyl halides is 3. The van der Waals surface area contributed by atoms with Crippen molar-refractivity contribution in [3.8, 4) is 11.5 Å². The number of ether oxygens (including phenoxy) is 1. The molecule has 0 bridgehead atoms. The zero-order chi connectivity index (χ0) is 15.0. The molecular weight excluding hydrogens is 281 g/mol. The van der Waals surface area contributed by atoms with E-state index in [-0.39, 0.29) is 0 Å². The van der Waals surface area contributed by atoms with Crippen LogP contribution >= 0.6 is 0 Å². The summed E-state index contributed by atoms with van der Waals surface area (Å²) >= 11 is 0. The van der Waals surface area contributed by atoms with E-state index in [1.54, 1.807) is 24.4 Å². The van der Waals surface area contributed by atoms with Crippen molar-refractivity contribution < 1.29 is 17.9 Å². The number of hydrogen-bond donors (Lipinski definition) is 2. The molecule has 0 amide bonds. The van der Waals surface area contributed by atoms with E-state index in [2.05, 4.69) is 4.98 Å². The van der Waals surface area contributed by atoms with Crippen molar-refractivity contribution in [1.82, 2.24) is 4.98 Å². The van der Waals surface area contributed by atoms with Gasteiger partial charge in [0.25, 0.3) is 0 Å². The van der Waals surface area contributed by atoms with Crippen LogP contribution in [0.25, 0.3) is 10.9 Å². The number of benzene rings is 2. The lowest BCUT2D eigenvalue weighted by Gasteiger charge is -2.09. The fraction of sp³-hybridized carbons (Fsp3) is 0.0667. The van der Waals surface area contributed by atoms with E-state index in [1.807, 2.05) is 0 Å². The fourth-order valence-corrected chi connectivity index (χ4v) is 2.03. The molecule has 0 atom stereocenters. The summed E-state index contributed by atoms with van der Waals surface area (Å²) in [5.74, 6) is 0.838. The van der Waals surface area contributed by atoms with Crippen LogP contribution in [0, 0.1) is 0 Å². The van der Waals surface area contributed by atoms with Crippen molar-refractivity contribution in [3.05, 3.63) is 54.2 Å². The van der Waals surface area contributed by atoms with Crippen LogP contribution in [0.5, 0.6) is 11.5 Å². The number of aromatic nitrogens is 1. The SMILES string of the molecule is Nc1c[nH]c2ccc(Oc3ccc(C(F)(F)F)cc3)cc12. The monoisotopic (exact) mass is 292 g/mol. The van der Waals surface area contributed by atoms with Crippen LogP contribution in [0.2, 0.25) is 0 Å². The summed E-state index contributed by atoms with van der Waals surface area (Å²) < 4.78 is 43.0. The van der Waals surface area contributed by atoms with Crippen molar-refractivity contribution in [2.45, 2.75) is 6.18 Å². The Morgan fingerprint density at radius 3 is 2.29 bits per heavy atom. The van der Waals surface area contributed by atoms with Crippen LogP contribution in [0.1, 0.15) is 5.56 Å². The molecule has 0 unspecified atom stereocenters. The third kappa shape index (κ3) is 2.65. The van der Waals surface area contributed by atoms with Crippen LogP contribution in [-0.4, -0.2) is 4.98 Å². The highest BCUT2D eigenvalue weighted by molar-refractivity contribution is 5.92. The van der Waals surface area contributed by atoms with E-state index in [1.165, 1.54) is 12.1 Å². The number of fused-ring (bicyclic) bond motifs is 1. The first-order valence-electron chi connectivity index (χ1n) is 6.15. The number of halogens is 3. The van der Waals surface area contributed by atoms with Gasteiger partial charge in [0.05, 0.1) is 11.3 Å². The van der Waals surface area contributed by atoms with E-state index in [9.17, 15) is 13.2 Å². The Hall–Kier alpha value is -2.63. The molecule has 0 aliphatic rings. The molecule has 3 rings (SSSR count). The molecule has 21 heavy (non-hydrogen) atoms. The Morgan fingerprint density at radius 2 is 1.62 bits per heavy atom. The van der Waals surface area contributed by atoms with Crippen molar-refractivity contribution in [2.75, 3.05) is 5.73 Å². The first-order valence-corrected chi connectivity index (χ1v) is 6.15. The molecule has 108 valence electrons. The summed E-state index contributed by atoms with van der Waals surface area (Å²) in [6, 6.07) is 9.79. The normalized spacial score (nSPS) is 11.8. The van der Waals surface area contributed by atoms with Gasteiger partial charge in [-0.1, -0.05) is 0 Å². The number of nitrogens with one attached hydrogen (secondary N) is 1. The summed E-state index contributed by atoms with van der Waals surface area (Å²) in [5.41, 5.74) is 6.54. The Labute approximate surface area is 118 Å². The average Bonchev–Trinajstić information content (AvgIpc) is 2.80. The van der Waals surface area contributed by atoms with Crippen LogP contribution < -0.4 is 10.5 Å². The topological polar surface area (TPSA) is 51.0 Å². The summed E-state index contributed by atoms with van der Waals surface area (Å²) in [6.07, 6.45) is -2.68. The lowest BCUT2D eigenvalue weighted by molar-refractivity contribution is -0.137. The maximum atomic E-state index is 12.5. The van der Waals surface area contributed by atoms with E-state index in [0.717, 1.165) is 23.0 Å². The zero-order valence-electron chi connectivity index (χ0n) is 10.7. The number of anilines is 1. The second kappa shape index (κ2) is 4.73. The van der Waals surface area contributed by atoms with Gasteiger partial charge in [-0.15, -0.1) is 0 Å². The highest BCUT2D eigenvalue weighted by atomic mass is 19.4. The number of rotatable bonds is 2. The predicted molar refractivity (Wildman–Crippen MR) is 74.2 cm³/mol. The molecule has 0 aliphatic carbocycles. The number of H-pyrrole nitrogens is 1. The molecule has 3 aromatic rings. The number of nitrogens with two attached hydrogens (primary N) is 1. The lowest BCUT2D eigenvalue weighted by atomic mass is 10.2. The molecule has 0 radical (unpaired) electrons. The van der Waals surface area contributed by atoms with Crippen LogP contribution in [0.4, 0.5) is 18.9 Å². The van der Waals surface area contributed by atoms with Gasteiger partial charge in [0.2, 0.25) is 0 Å². The van der Waals surface area contributed by atoms with Crippen molar-refractivity contribution in [2.24, 2.45) is 0 Å².